The molecule has 0 spiro atoms. The van der Waals surface area contributed by atoms with E-state index in [2.05, 4.69) is 56.7 Å². The first-order chi connectivity index (χ1) is 12.7. The van der Waals surface area contributed by atoms with Gasteiger partial charge in [0.25, 0.3) is 0 Å². The van der Waals surface area contributed by atoms with E-state index in [-0.39, 0.29) is 24.0 Å². The van der Waals surface area contributed by atoms with Gasteiger partial charge in [-0.15, -0.1) is 24.0 Å². The fourth-order valence-electron chi connectivity index (χ4n) is 3.22. The van der Waals surface area contributed by atoms with E-state index in [1.165, 1.54) is 5.56 Å². The molecule has 5 nitrogen and oxygen atoms in total. The first-order valence-corrected chi connectivity index (χ1v) is 9.42. The monoisotopic (exact) mass is 499 g/mol. The molecule has 2 N–H and O–H groups in total. The van der Waals surface area contributed by atoms with Crippen LogP contribution in [0.25, 0.3) is 0 Å². The standard InChI is InChI=1S/C20H26ClN5.HI/c1-15(16-7-4-3-5-8-16)13-24-20(22-2)25-17-10-12-26(14-17)19-18(21)9-6-11-23-19;/h3-9,11,15,17H,10,12-14H2,1-2H3,(H2,22,24,25);1H. The van der Waals surface area contributed by atoms with Gasteiger partial charge in [-0.25, -0.2) is 4.98 Å². The molecule has 146 valence electrons. The minimum absolute atomic E-state index is 0. The zero-order valence-corrected chi connectivity index (χ0v) is 18.8. The number of nitrogens with one attached hydrogen (secondary N) is 2. The molecular formula is C20H27ClIN5. The largest absolute Gasteiger partial charge is 0.356 e. The Morgan fingerprint density at radius 2 is 2.07 bits per heavy atom. The molecule has 1 aromatic carbocycles. The second-order valence-corrected chi connectivity index (χ2v) is 7.06. The predicted molar refractivity (Wildman–Crippen MR) is 125 cm³/mol. The van der Waals surface area contributed by atoms with Crippen molar-refractivity contribution in [3.8, 4) is 0 Å². The summed E-state index contributed by atoms with van der Waals surface area (Å²) in [5.74, 6) is 2.12. The van der Waals surface area contributed by atoms with E-state index in [1.54, 1.807) is 6.20 Å². The van der Waals surface area contributed by atoms with Crippen LogP contribution in [0.4, 0.5) is 5.82 Å². The number of rotatable bonds is 5. The van der Waals surface area contributed by atoms with Gasteiger partial charge in [-0.2, -0.15) is 0 Å². The van der Waals surface area contributed by atoms with Gasteiger partial charge in [0.1, 0.15) is 5.82 Å². The maximum Gasteiger partial charge on any atom is 0.191 e. The third-order valence-corrected chi connectivity index (χ3v) is 5.03. The van der Waals surface area contributed by atoms with Crippen molar-refractivity contribution in [2.24, 2.45) is 4.99 Å². The SMILES string of the molecule is CN=C(NCC(C)c1ccccc1)NC1CCN(c2ncccc2Cl)C1.I. The van der Waals surface area contributed by atoms with Crippen molar-refractivity contribution in [3.05, 3.63) is 59.2 Å². The van der Waals surface area contributed by atoms with Crippen LogP contribution in [0.3, 0.4) is 0 Å². The highest BCUT2D eigenvalue weighted by Crippen LogP contribution is 2.25. The van der Waals surface area contributed by atoms with Crippen LogP contribution in [-0.2, 0) is 0 Å². The van der Waals surface area contributed by atoms with Crippen molar-refractivity contribution in [2.75, 3.05) is 31.6 Å². The summed E-state index contributed by atoms with van der Waals surface area (Å²) in [6.07, 6.45) is 2.81. The van der Waals surface area contributed by atoms with Crippen molar-refractivity contribution in [2.45, 2.75) is 25.3 Å². The predicted octanol–water partition coefficient (Wildman–Crippen LogP) is 3.90. The van der Waals surface area contributed by atoms with Crippen molar-refractivity contribution in [3.63, 3.8) is 0 Å². The molecule has 2 unspecified atom stereocenters. The third-order valence-electron chi connectivity index (χ3n) is 4.74. The van der Waals surface area contributed by atoms with Gasteiger partial charge in [0.15, 0.2) is 5.96 Å². The zero-order chi connectivity index (χ0) is 18.4. The van der Waals surface area contributed by atoms with E-state index in [0.717, 1.165) is 37.8 Å². The number of hydrogen-bond acceptors (Lipinski definition) is 3. The highest BCUT2D eigenvalue weighted by molar-refractivity contribution is 14.0. The van der Waals surface area contributed by atoms with Crippen LogP contribution in [-0.4, -0.2) is 43.7 Å². The van der Waals surface area contributed by atoms with Crippen LogP contribution in [0.15, 0.2) is 53.7 Å². The Morgan fingerprint density at radius 3 is 2.78 bits per heavy atom. The van der Waals surface area contributed by atoms with E-state index in [4.69, 9.17) is 11.6 Å². The van der Waals surface area contributed by atoms with Gasteiger partial charge in [0.2, 0.25) is 0 Å². The van der Waals surface area contributed by atoms with Crippen molar-refractivity contribution in [1.82, 2.24) is 15.6 Å². The van der Waals surface area contributed by atoms with Gasteiger partial charge in [-0.05, 0) is 30.0 Å². The van der Waals surface area contributed by atoms with Gasteiger partial charge in [-0.3, -0.25) is 4.99 Å². The normalized spacial score (nSPS) is 18.0. The number of pyridine rings is 1. The molecule has 0 saturated carbocycles. The minimum atomic E-state index is 0. The van der Waals surface area contributed by atoms with Gasteiger partial charge in [0, 0.05) is 38.9 Å². The molecule has 2 heterocycles. The number of hydrogen-bond donors (Lipinski definition) is 2. The summed E-state index contributed by atoms with van der Waals surface area (Å²) in [7, 11) is 1.81. The zero-order valence-electron chi connectivity index (χ0n) is 15.7. The molecule has 1 saturated heterocycles. The maximum absolute atomic E-state index is 6.27. The molecule has 27 heavy (non-hydrogen) atoms. The Labute approximate surface area is 183 Å². The second kappa shape index (κ2) is 10.7. The molecular weight excluding hydrogens is 473 g/mol. The summed E-state index contributed by atoms with van der Waals surface area (Å²) in [4.78, 5) is 11.0. The summed E-state index contributed by atoms with van der Waals surface area (Å²) >= 11 is 6.27. The number of nitrogens with zero attached hydrogens (tertiary/aromatic N) is 3. The average Bonchev–Trinajstić information content (AvgIpc) is 3.14. The van der Waals surface area contributed by atoms with Gasteiger partial charge in [-0.1, -0.05) is 48.9 Å². The van der Waals surface area contributed by atoms with E-state index < -0.39 is 0 Å². The smallest absolute Gasteiger partial charge is 0.191 e. The van der Waals surface area contributed by atoms with Gasteiger partial charge >= 0.3 is 0 Å². The van der Waals surface area contributed by atoms with E-state index in [9.17, 15) is 0 Å². The summed E-state index contributed by atoms with van der Waals surface area (Å²) in [6, 6.07) is 14.6. The highest BCUT2D eigenvalue weighted by atomic mass is 127. The van der Waals surface area contributed by atoms with Gasteiger partial charge < -0.3 is 15.5 Å². The van der Waals surface area contributed by atoms with E-state index in [0.29, 0.717) is 17.0 Å². The number of benzene rings is 1. The minimum Gasteiger partial charge on any atom is -0.356 e. The number of aliphatic imine (C=N–C) groups is 1. The first kappa shape index (κ1) is 21.8. The number of halogens is 2. The van der Waals surface area contributed by atoms with Crippen LogP contribution in [0.2, 0.25) is 5.02 Å². The Balaban J connectivity index is 0.00000261. The number of guanidine groups is 1. The summed E-state index contributed by atoms with van der Waals surface area (Å²) in [6.45, 7) is 4.86. The molecule has 1 aliphatic rings. The van der Waals surface area contributed by atoms with Crippen LogP contribution < -0.4 is 15.5 Å². The van der Waals surface area contributed by atoms with Crippen LogP contribution >= 0.6 is 35.6 Å². The van der Waals surface area contributed by atoms with E-state index in [1.807, 2.05) is 25.2 Å². The van der Waals surface area contributed by atoms with Crippen molar-refractivity contribution < 1.29 is 0 Å². The Bertz CT molecular complexity index is 740. The van der Waals surface area contributed by atoms with Crippen molar-refractivity contribution >= 4 is 47.4 Å². The Kier molecular flexibility index (Phi) is 8.63. The maximum atomic E-state index is 6.27. The molecule has 3 rings (SSSR count). The summed E-state index contributed by atoms with van der Waals surface area (Å²) in [5, 5.41) is 7.66. The topological polar surface area (TPSA) is 52.6 Å². The molecule has 0 bridgehead atoms. The number of anilines is 1. The molecule has 1 aliphatic heterocycles. The molecule has 1 fully saturated rings. The van der Waals surface area contributed by atoms with Crippen LogP contribution in [0.5, 0.6) is 0 Å². The molecule has 0 aliphatic carbocycles. The lowest BCUT2D eigenvalue weighted by Gasteiger charge is -2.21. The molecule has 0 radical (unpaired) electrons. The lowest BCUT2D eigenvalue weighted by Crippen LogP contribution is -2.45. The fraction of sp³-hybridized carbons (Fsp3) is 0.400. The molecule has 1 aromatic heterocycles. The van der Waals surface area contributed by atoms with Crippen molar-refractivity contribution in [1.29, 1.82) is 0 Å². The third kappa shape index (κ3) is 5.97. The number of aromatic nitrogens is 1. The summed E-state index contributed by atoms with van der Waals surface area (Å²) < 4.78 is 0. The quantitative estimate of drug-likeness (QED) is 0.372. The summed E-state index contributed by atoms with van der Waals surface area (Å²) in [5.41, 5.74) is 1.33. The molecule has 2 atom stereocenters. The van der Waals surface area contributed by atoms with Gasteiger partial charge in [0.05, 0.1) is 5.02 Å². The Hall–Kier alpha value is -1.54. The second-order valence-electron chi connectivity index (χ2n) is 6.65. The lowest BCUT2D eigenvalue weighted by atomic mass is 10.0. The van der Waals surface area contributed by atoms with E-state index >= 15 is 0 Å². The van der Waals surface area contributed by atoms with Crippen LogP contribution in [0.1, 0.15) is 24.8 Å². The van der Waals surface area contributed by atoms with Crippen LogP contribution in [0, 0.1) is 0 Å². The molecule has 0 amide bonds. The highest BCUT2D eigenvalue weighted by Gasteiger charge is 2.25. The first-order valence-electron chi connectivity index (χ1n) is 9.05. The average molecular weight is 500 g/mol. The Morgan fingerprint density at radius 1 is 1.30 bits per heavy atom. The lowest BCUT2D eigenvalue weighted by molar-refractivity contribution is 0.634. The molecule has 2 aromatic rings. The fourth-order valence-corrected chi connectivity index (χ4v) is 3.46. The molecule has 7 heteroatoms.